The number of hydrogen-bond donors (Lipinski definition) is 2. The first-order chi connectivity index (χ1) is 8.84. The van der Waals surface area contributed by atoms with E-state index in [1.807, 2.05) is 20.8 Å². The Hall–Kier alpha value is -1.32. The molecular formula is C16H24N2O. The third-order valence-electron chi connectivity index (χ3n) is 4.26. The molecule has 0 aliphatic heterocycles. The van der Waals surface area contributed by atoms with Gasteiger partial charge in [0.25, 0.3) is 0 Å². The lowest BCUT2D eigenvalue weighted by molar-refractivity contribution is 0.0952. The van der Waals surface area contributed by atoms with Gasteiger partial charge in [0, 0.05) is 35.7 Å². The highest BCUT2D eigenvalue weighted by Crippen LogP contribution is 2.24. The lowest BCUT2D eigenvalue weighted by atomic mass is 9.98. The highest BCUT2D eigenvalue weighted by Gasteiger charge is 2.24. The van der Waals surface area contributed by atoms with Crippen LogP contribution in [0.5, 0.6) is 0 Å². The molecule has 1 aromatic heterocycles. The Morgan fingerprint density at radius 1 is 1.32 bits per heavy atom. The van der Waals surface area contributed by atoms with Crippen molar-refractivity contribution in [3.05, 3.63) is 35.5 Å². The summed E-state index contributed by atoms with van der Waals surface area (Å²) in [7, 11) is 2.10. The van der Waals surface area contributed by atoms with Gasteiger partial charge in [-0.1, -0.05) is 18.2 Å². The number of aliphatic hydroxyl groups excluding tert-OH is 1. The van der Waals surface area contributed by atoms with E-state index in [0.29, 0.717) is 0 Å². The van der Waals surface area contributed by atoms with E-state index in [9.17, 15) is 5.11 Å². The third kappa shape index (κ3) is 2.53. The van der Waals surface area contributed by atoms with Crippen LogP contribution in [0.15, 0.2) is 24.3 Å². The van der Waals surface area contributed by atoms with Crippen molar-refractivity contribution >= 4 is 10.9 Å². The van der Waals surface area contributed by atoms with E-state index in [0.717, 1.165) is 6.54 Å². The van der Waals surface area contributed by atoms with Crippen LogP contribution in [0.1, 0.15) is 32.0 Å². The zero-order valence-corrected chi connectivity index (χ0v) is 12.5. The summed E-state index contributed by atoms with van der Waals surface area (Å²) in [5, 5.41) is 14.5. The molecule has 0 saturated heterocycles. The third-order valence-corrected chi connectivity index (χ3v) is 4.26. The predicted octanol–water partition coefficient (Wildman–Crippen LogP) is 2.74. The summed E-state index contributed by atoms with van der Waals surface area (Å²) >= 11 is 0. The lowest BCUT2D eigenvalue weighted by Gasteiger charge is -2.29. The van der Waals surface area contributed by atoms with Gasteiger partial charge in [-0.25, -0.2) is 0 Å². The highest BCUT2D eigenvalue weighted by atomic mass is 16.3. The number of fused-ring (bicyclic) bond motifs is 1. The second-order valence-corrected chi connectivity index (χ2v) is 5.90. The minimum atomic E-state index is -0.387. The maximum Gasteiger partial charge on any atom is 0.0688 e. The van der Waals surface area contributed by atoms with Crippen molar-refractivity contribution < 1.29 is 5.11 Å². The number of aromatic nitrogens is 1. The Bertz CT molecular complexity index is 543. The molecule has 0 saturated carbocycles. The van der Waals surface area contributed by atoms with Gasteiger partial charge in [0.2, 0.25) is 0 Å². The van der Waals surface area contributed by atoms with Crippen molar-refractivity contribution in [3.63, 3.8) is 0 Å². The molecule has 3 heteroatoms. The van der Waals surface area contributed by atoms with Crippen LogP contribution in [0.4, 0.5) is 0 Å². The molecule has 0 amide bonds. The number of nitrogens with zero attached hydrogens (tertiary/aromatic N) is 1. The molecule has 3 nitrogen and oxygen atoms in total. The molecule has 1 heterocycles. The summed E-state index contributed by atoms with van der Waals surface area (Å²) in [6.45, 7) is 8.79. The minimum absolute atomic E-state index is 0.289. The average molecular weight is 260 g/mol. The normalized spacial score (nSPS) is 14.0. The van der Waals surface area contributed by atoms with Crippen molar-refractivity contribution in [1.29, 1.82) is 0 Å². The fraction of sp³-hybridized carbons (Fsp3) is 0.500. The van der Waals surface area contributed by atoms with Gasteiger partial charge >= 0.3 is 0 Å². The van der Waals surface area contributed by atoms with Crippen LogP contribution in [-0.2, 0) is 13.6 Å². The number of benzene rings is 1. The molecule has 0 fully saturated rings. The maximum atomic E-state index is 9.77. The van der Waals surface area contributed by atoms with Gasteiger partial charge in [0.1, 0.15) is 0 Å². The van der Waals surface area contributed by atoms with E-state index < -0.39 is 0 Å². The number of rotatable bonds is 4. The first kappa shape index (κ1) is 14.1. The molecule has 1 unspecified atom stereocenters. The van der Waals surface area contributed by atoms with E-state index in [-0.39, 0.29) is 11.6 Å². The van der Waals surface area contributed by atoms with Gasteiger partial charge in [-0.15, -0.1) is 0 Å². The van der Waals surface area contributed by atoms with Crippen molar-refractivity contribution in [3.8, 4) is 0 Å². The Balaban J connectivity index is 2.31. The summed E-state index contributed by atoms with van der Waals surface area (Å²) in [6, 6.07) is 8.45. The average Bonchev–Trinajstić information content (AvgIpc) is 2.60. The summed E-state index contributed by atoms with van der Waals surface area (Å²) in [5.74, 6) is 0. The SMILES string of the molecule is Cc1c(CNC(C)(C)C(C)O)n(C)c2ccccc12. The van der Waals surface area contributed by atoms with Crippen LogP contribution < -0.4 is 5.32 Å². The van der Waals surface area contributed by atoms with Crippen LogP contribution >= 0.6 is 0 Å². The molecule has 2 aromatic rings. The van der Waals surface area contributed by atoms with Crippen LogP contribution in [0.25, 0.3) is 10.9 Å². The summed E-state index contributed by atoms with van der Waals surface area (Å²) in [5.41, 5.74) is 3.55. The van der Waals surface area contributed by atoms with Crippen molar-refractivity contribution in [2.24, 2.45) is 7.05 Å². The zero-order valence-electron chi connectivity index (χ0n) is 12.5. The van der Waals surface area contributed by atoms with Gasteiger partial charge in [-0.3, -0.25) is 0 Å². The van der Waals surface area contributed by atoms with E-state index >= 15 is 0 Å². The second kappa shape index (κ2) is 4.99. The maximum absolute atomic E-state index is 9.77. The molecule has 1 atom stereocenters. The quantitative estimate of drug-likeness (QED) is 0.887. The Labute approximate surface area is 115 Å². The number of hydrogen-bond acceptors (Lipinski definition) is 2. The van der Waals surface area contributed by atoms with E-state index in [1.54, 1.807) is 0 Å². The predicted molar refractivity (Wildman–Crippen MR) is 80.3 cm³/mol. The van der Waals surface area contributed by atoms with Gasteiger partial charge in [-0.05, 0) is 39.3 Å². The molecule has 0 spiro atoms. The first-order valence-corrected chi connectivity index (χ1v) is 6.80. The molecule has 2 rings (SSSR count). The van der Waals surface area contributed by atoms with Crippen LogP contribution in [0.2, 0.25) is 0 Å². The molecule has 2 N–H and O–H groups in total. The second-order valence-electron chi connectivity index (χ2n) is 5.90. The molecule has 1 aromatic carbocycles. The minimum Gasteiger partial charge on any atom is -0.392 e. The van der Waals surface area contributed by atoms with Crippen molar-refractivity contribution in [2.45, 2.75) is 45.9 Å². The van der Waals surface area contributed by atoms with Crippen LogP contribution in [0.3, 0.4) is 0 Å². The molecular weight excluding hydrogens is 236 g/mol. The summed E-state index contributed by atoms with van der Waals surface area (Å²) < 4.78 is 2.23. The van der Waals surface area contributed by atoms with Gasteiger partial charge in [0.15, 0.2) is 0 Å². The number of aryl methyl sites for hydroxylation is 2. The number of nitrogens with one attached hydrogen (secondary N) is 1. The fourth-order valence-corrected chi connectivity index (χ4v) is 2.35. The van der Waals surface area contributed by atoms with Gasteiger partial charge in [0.05, 0.1) is 6.10 Å². The number of para-hydroxylation sites is 1. The Kier molecular flexibility index (Phi) is 3.70. The molecule has 0 bridgehead atoms. The van der Waals surface area contributed by atoms with Crippen LogP contribution in [-0.4, -0.2) is 21.3 Å². The zero-order chi connectivity index (χ0) is 14.2. The smallest absolute Gasteiger partial charge is 0.0688 e. The topological polar surface area (TPSA) is 37.2 Å². The monoisotopic (exact) mass is 260 g/mol. The van der Waals surface area contributed by atoms with Crippen molar-refractivity contribution in [1.82, 2.24) is 9.88 Å². The Morgan fingerprint density at radius 2 is 1.95 bits per heavy atom. The number of aliphatic hydroxyl groups is 1. The molecule has 0 aliphatic carbocycles. The molecule has 19 heavy (non-hydrogen) atoms. The lowest BCUT2D eigenvalue weighted by Crippen LogP contribution is -2.47. The molecule has 104 valence electrons. The fourth-order valence-electron chi connectivity index (χ4n) is 2.35. The molecule has 0 radical (unpaired) electrons. The van der Waals surface area contributed by atoms with Crippen molar-refractivity contribution in [2.75, 3.05) is 0 Å². The Morgan fingerprint density at radius 3 is 2.53 bits per heavy atom. The highest BCUT2D eigenvalue weighted by molar-refractivity contribution is 5.85. The van der Waals surface area contributed by atoms with Gasteiger partial charge < -0.3 is 15.0 Å². The van der Waals surface area contributed by atoms with Crippen LogP contribution in [0, 0.1) is 6.92 Å². The van der Waals surface area contributed by atoms with E-state index in [2.05, 4.69) is 48.1 Å². The first-order valence-electron chi connectivity index (χ1n) is 6.80. The summed E-state index contributed by atoms with van der Waals surface area (Å²) in [4.78, 5) is 0. The van der Waals surface area contributed by atoms with Gasteiger partial charge in [-0.2, -0.15) is 0 Å². The largest absolute Gasteiger partial charge is 0.392 e. The van der Waals surface area contributed by atoms with E-state index in [4.69, 9.17) is 0 Å². The van der Waals surface area contributed by atoms with E-state index in [1.165, 1.54) is 22.2 Å². The molecule has 0 aliphatic rings. The standard InChI is InChI=1S/C16H24N2O/c1-11-13-8-6-7-9-14(13)18(5)15(11)10-17-16(3,4)12(2)19/h6-9,12,17,19H,10H2,1-5H3. The summed E-state index contributed by atoms with van der Waals surface area (Å²) in [6.07, 6.45) is -0.387.